The number of aromatic nitrogens is 8. The number of anilines is 1. The molecule has 148 valence electrons. The number of aryl methyl sites for hydroxylation is 1. The summed E-state index contributed by atoms with van der Waals surface area (Å²) in [4.78, 5) is 27.7. The average molecular weight is 399 g/mol. The second-order valence-corrected chi connectivity index (χ2v) is 7.47. The van der Waals surface area contributed by atoms with E-state index in [9.17, 15) is 4.79 Å². The molecule has 0 saturated heterocycles. The molecule has 0 saturated carbocycles. The standard InChI is InChI=1S/C20H17N9O/c1-12-5-6-17-24-25-19(29(12)17)14-3-2-4-16(23-14)27-11-15-13(20(27)30)10-28(26-15)18-9-21-7-8-22-18/h2-4,7-10,12H,5-6,11H2,1H3/t12-/m1/s1. The van der Waals surface area contributed by atoms with Crippen LogP contribution >= 0.6 is 0 Å². The Bertz CT molecular complexity index is 1280. The highest BCUT2D eigenvalue weighted by Gasteiger charge is 2.33. The Kier molecular flexibility index (Phi) is 3.55. The van der Waals surface area contributed by atoms with Crippen molar-refractivity contribution in [1.82, 2.24) is 39.5 Å². The van der Waals surface area contributed by atoms with E-state index in [1.54, 1.807) is 34.4 Å². The lowest BCUT2D eigenvalue weighted by Gasteiger charge is -2.16. The van der Waals surface area contributed by atoms with Gasteiger partial charge in [-0.25, -0.2) is 14.6 Å². The van der Waals surface area contributed by atoms with Crippen molar-refractivity contribution in [2.75, 3.05) is 4.90 Å². The summed E-state index contributed by atoms with van der Waals surface area (Å²) in [7, 11) is 0. The molecule has 0 radical (unpaired) electrons. The van der Waals surface area contributed by atoms with Crippen molar-refractivity contribution in [2.45, 2.75) is 32.4 Å². The molecular formula is C20H17N9O. The number of hydrogen-bond donors (Lipinski definition) is 0. The van der Waals surface area contributed by atoms with Crippen molar-refractivity contribution in [2.24, 2.45) is 0 Å². The topological polar surface area (TPSA) is 108 Å². The molecule has 1 amide bonds. The van der Waals surface area contributed by atoms with Gasteiger partial charge in [0.2, 0.25) is 0 Å². The number of amides is 1. The molecule has 0 unspecified atom stereocenters. The van der Waals surface area contributed by atoms with Crippen LogP contribution in [-0.2, 0) is 13.0 Å². The van der Waals surface area contributed by atoms with Gasteiger partial charge in [0, 0.05) is 31.1 Å². The predicted molar refractivity (Wildman–Crippen MR) is 106 cm³/mol. The summed E-state index contributed by atoms with van der Waals surface area (Å²) in [6.45, 7) is 2.51. The van der Waals surface area contributed by atoms with Crippen molar-refractivity contribution in [3.63, 3.8) is 0 Å². The second kappa shape index (κ2) is 6.28. The van der Waals surface area contributed by atoms with Crippen molar-refractivity contribution in [3.05, 3.63) is 60.1 Å². The lowest BCUT2D eigenvalue weighted by atomic mass is 10.2. The SMILES string of the molecule is C[C@@H]1CCc2nnc(-c3cccc(N4Cc5nn(-c6cnccn6)cc5C4=O)n3)n21. The van der Waals surface area contributed by atoms with Gasteiger partial charge < -0.3 is 4.57 Å². The van der Waals surface area contributed by atoms with Crippen LogP contribution in [0.2, 0.25) is 0 Å². The minimum absolute atomic E-state index is 0.135. The van der Waals surface area contributed by atoms with Crippen LogP contribution in [0.3, 0.4) is 0 Å². The van der Waals surface area contributed by atoms with Crippen LogP contribution in [0.1, 0.15) is 41.3 Å². The monoisotopic (exact) mass is 399 g/mol. The minimum atomic E-state index is -0.135. The van der Waals surface area contributed by atoms with Crippen molar-refractivity contribution >= 4 is 11.7 Å². The molecule has 2 aliphatic heterocycles. The van der Waals surface area contributed by atoms with Crippen molar-refractivity contribution < 1.29 is 4.79 Å². The number of hydrogen-bond acceptors (Lipinski definition) is 7. The van der Waals surface area contributed by atoms with Crippen LogP contribution in [0, 0.1) is 0 Å². The van der Waals surface area contributed by atoms with Crippen LogP contribution < -0.4 is 4.90 Å². The number of fused-ring (bicyclic) bond motifs is 2. The summed E-state index contributed by atoms with van der Waals surface area (Å²) in [5, 5.41) is 13.1. The molecule has 10 heteroatoms. The van der Waals surface area contributed by atoms with Gasteiger partial charge in [-0.3, -0.25) is 14.7 Å². The van der Waals surface area contributed by atoms with Crippen LogP contribution in [0.4, 0.5) is 5.82 Å². The number of nitrogens with zero attached hydrogens (tertiary/aromatic N) is 9. The van der Waals surface area contributed by atoms with Gasteiger partial charge >= 0.3 is 0 Å². The molecule has 1 atom stereocenters. The smallest absolute Gasteiger partial charge is 0.263 e. The van der Waals surface area contributed by atoms with Crippen LogP contribution in [0.5, 0.6) is 0 Å². The third kappa shape index (κ3) is 2.46. The van der Waals surface area contributed by atoms with E-state index in [0.717, 1.165) is 24.5 Å². The Balaban J connectivity index is 1.32. The maximum absolute atomic E-state index is 13.0. The zero-order valence-electron chi connectivity index (χ0n) is 16.2. The van der Waals surface area contributed by atoms with Gasteiger partial charge in [0.05, 0.1) is 24.0 Å². The van der Waals surface area contributed by atoms with E-state index in [-0.39, 0.29) is 5.91 Å². The summed E-state index contributed by atoms with van der Waals surface area (Å²) in [6, 6.07) is 5.96. The van der Waals surface area contributed by atoms with Gasteiger partial charge in [-0.05, 0) is 25.5 Å². The normalized spacial score (nSPS) is 17.4. The van der Waals surface area contributed by atoms with Crippen molar-refractivity contribution in [1.29, 1.82) is 0 Å². The lowest BCUT2D eigenvalue weighted by Crippen LogP contribution is -2.25. The second-order valence-electron chi connectivity index (χ2n) is 7.47. The molecule has 4 aromatic heterocycles. The van der Waals surface area contributed by atoms with E-state index < -0.39 is 0 Å². The zero-order valence-corrected chi connectivity index (χ0v) is 16.2. The quantitative estimate of drug-likeness (QED) is 0.518. The molecule has 6 rings (SSSR count). The first-order chi connectivity index (χ1) is 14.7. The largest absolute Gasteiger partial charge is 0.307 e. The number of carbonyl (C=O) groups is 1. The molecule has 0 fully saturated rings. The summed E-state index contributed by atoms with van der Waals surface area (Å²) in [5.74, 6) is 2.74. The molecule has 10 nitrogen and oxygen atoms in total. The fourth-order valence-electron chi connectivity index (χ4n) is 4.08. The fourth-order valence-corrected chi connectivity index (χ4v) is 4.08. The van der Waals surface area contributed by atoms with Gasteiger partial charge in [-0.15, -0.1) is 10.2 Å². The van der Waals surface area contributed by atoms with E-state index >= 15 is 0 Å². The first-order valence-electron chi connectivity index (χ1n) is 9.77. The third-order valence-corrected chi connectivity index (χ3v) is 5.59. The summed E-state index contributed by atoms with van der Waals surface area (Å²) in [5.41, 5.74) is 1.95. The average Bonchev–Trinajstić information content (AvgIpc) is 3.53. The Hall–Kier alpha value is -3.95. The first-order valence-corrected chi connectivity index (χ1v) is 9.77. The molecule has 0 aromatic carbocycles. The van der Waals surface area contributed by atoms with E-state index in [1.807, 2.05) is 18.2 Å². The highest BCUT2D eigenvalue weighted by Crippen LogP contribution is 2.32. The maximum atomic E-state index is 13.0. The Morgan fingerprint density at radius 3 is 2.90 bits per heavy atom. The molecule has 4 aromatic rings. The van der Waals surface area contributed by atoms with E-state index in [0.29, 0.717) is 41.2 Å². The molecule has 2 aliphatic rings. The van der Waals surface area contributed by atoms with Crippen LogP contribution in [0.25, 0.3) is 17.3 Å². The van der Waals surface area contributed by atoms with Gasteiger partial charge in [-0.1, -0.05) is 6.07 Å². The number of rotatable bonds is 3. The van der Waals surface area contributed by atoms with Gasteiger partial charge in [-0.2, -0.15) is 5.10 Å². The third-order valence-electron chi connectivity index (χ3n) is 5.59. The molecule has 0 N–H and O–H groups in total. The fraction of sp³-hybridized carbons (Fsp3) is 0.250. The van der Waals surface area contributed by atoms with E-state index in [1.165, 1.54) is 0 Å². The Morgan fingerprint density at radius 1 is 1.13 bits per heavy atom. The van der Waals surface area contributed by atoms with E-state index in [4.69, 9.17) is 4.98 Å². The number of carbonyl (C=O) groups excluding carboxylic acids is 1. The summed E-state index contributed by atoms with van der Waals surface area (Å²) >= 11 is 0. The molecule has 6 heterocycles. The highest BCUT2D eigenvalue weighted by molar-refractivity contribution is 6.09. The van der Waals surface area contributed by atoms with Crippen LogP contribution in [-0.4, -0.2) is 45.4 Å². The van der Waals surface area contributed by atoms with Gasteiger partial charge in [0.1, 0.15) is 17.3 Å². The highest BCUT2D eigenvalue weighted by atomic mass is 16.2. The molecule has 0 aliphatic carbocycles. The first kappa shape index (κ1) is 17.0. The summed E-state index contributed by atoms with van der Waals surface area (Å²) in [6.07, 6.45) is 8.46. The van der Waals surface area contributed by atoms with E-state index in [2.05, 4.69) is 36.8 Å². The van der Waals surface area contributed by atoms with Gasteiger partial charge in [0.15, 0.2) is 11.6 Å². The molecule has 30 heavy (non-hydrogen) atoms. The van der Waals surface area contributed by atoms with Crippen molar-refractivity contribution in [3.8, 4) is 17.3 Å². The zero-order chi connectivity index (χ0) is 20.2. The Labute approximate surface area is 171 Å². The number of pyridine rings is 1. The van der Waals surface area contributed by atoms with Crippen LogP contribution in [0.15, 0.2) is 43.0 Å². The Morgan fingerprint density at radius 2 is 2.07 bits per heavy atom. The lowest BCUT2D eigenvalue weighted by molar-refractivity contribution is 0.0995. The molecule has 0 spiro atoms. The molecular weight excluding hydrogens is 382 g/mol. The maximum Gasteiger partial charge on any atom is 0.263 e. The predicted octanol–water partition coefficient (Wildman–Crippen LogP) is 1.98. The summed E-state index contributed by atoms with van der Waals surface area (Å²) < 4.78 is 3.72. The minimum Gasteiger partial charge on any atom is -0.307 e. The van der Waals surface area contributed by atoms with Gasteiger partial charge in [0.25, 0.3) is 5.91 Å². The molecule has 0 bridgehead atoms.